The molecule has 1 aliphatic heterocycles. The van der Waals surface area contributed by atoms with E-state index in [9.17, 15) is 9.59 Å². The van der Waals surface area contributed by atoms with Crippen molar-refractivity contribution in [2.24, 2.45) is 0 Å². The summed E-state index contributed by atoms with van der Waals surface area (Å²) >= 11 is 0. The normalized spacial score (nSPS) is 14.8. The summed E-state index contributed by atoms with van der Waals surface area (Å²) in [7, 11) is 1.74. The molecule has 0 saturated heterocycles. The summed E-state index contributed by atoms with van der Waals surface area (Å²) in [6.07, 6.45) is 6.10. The Morgan fingerprint density at radius 3 is 2.68 bits per heavy atom. The van der Waals surface area contributed by atoms with Gasteiger partial charge in [0, 0.05) is 26.3 Å². The molecule has 0 aliphatic carbocycles. The summed E-state index contributed by atoms with van der Waals surface area (Å²) in [5.41, 5.74) is 3.45. The molecular weight excluding hydrogens is 356 g/mol. The molecule has 7 nitrogen and oxygen atoms in total. The minimum absolute atomic E-state index is 0.282. The molecule has 3 rings (SSSR count). The molecule has 0 radical (unpaired) electrons. The Morgan fingerprint density at radius 1 is 1.36 bits per heavy atom. The number of nitrogens with zero attached hydrogens (tertiary/aromatic N) is 4. The van der Waals surface area contributed by atoms with Crippen LogP contribution in [-0.4, -0.2) is 52.5 Å². The maximum Gasteiger partial charge on any atom is 0.410 e. The van der Waals surface area contributed by atoms with Gasteiger partial charge in [0.1, 0.15) is 17.1 Å². The number of carbonyl (C=O) groups is 2. The summed E-state index contributed by atoms with van der Waals surface area (Å²) < 4.78 is 7.41. The van der Waals surface area contributed by atoms with Gasteiger partial charge >= 0.3 is 6.09 Å². The highest BCUT2D eigenvalue weighted by molar-refractivity contribution is 5.77. The van der Waals surface area contributed by atoms with Gasteiger partial charge in [-0.2, -0.15) is 0 Å². The smallest absolute Gasteiger partial charge is 0.410 e. The zero-order chi connectivity index (χ0) is 20.5. The van der Waals surface area contributed by atoms with Gasteiger partial charge in [0.2, 0.25) is 6.41 Å². The second kappa shape index (κ2) is 7.66. The first-order valence-electron chi connectivity index (χ1n) is 9.60. The van der Waals surface area contributed by atoms with Crippen LogP contribution in [0.3, 0.4) is 0 Å². The number of ether oxygens (including phenoxy) is 1. The Kier molecular flexibility index (Phi) is 5.45. The second-order valence-corrected chi connectivity index (χ2v) is 8.00. The molecule has 0 unspecified atom stereocenters. The van der Waals surface area contributed by atoms with Crippen LogP contribution in [0.5, 0.6) is 0 Å². The molecule has 3 heterocycles. The van der Waals surface area contributed by atoms with Crippen molar-refractivity contribution in [3.05, 3.63) is 35.7 Å². The number of pyridine rings is 1. The van der Waals surface area contributed by atoms with E-state index in [4.69, 9.17) is 4.74 Å². The number of carbonyl (C=O) groups excluding carboxylic acids is 2. The van der Waals surface area contributed by atoms with Crippen molar-refractivity contribution in [2.75, 3.05) is 25.0 Å². The van der Waals surface area contributed by atoms with Crippen LogP contribution in [0.2, 0.25) is 0 Å². The number of hydrogen-bond acceptors (Lipinski definition) is 4. The van der Waals surface area contributed by atoms with Gasteiger partial charge in [-0.3, -0.25) is 9.20 Å². The lowest BCUT2D eigenvalue weighted by Crippen LogP contribution is -2.39. The maximum atomic E-state index is 12.2. The largest absolute Gasteiger partial charge is 0.444 e. The van der Waals surface area contributed by atoms with Crippen molar-refractivity contribution in [1.82, 2.24) is 14.3 Å². The number of anilines is 1. The number of rotatable bonds is 4. The fourth-order valence-electron chi connectivity index (χ4n) is 3.36. The van der Waals surface area contributed by atoms with E-state index in [1.807, 2.05) is 50.4 Å². The molecule has 150 valence electrons. The summed E-state index contributed by atoms with van der Waals surface area (Å²) in [5.74, 6) is 0.793. The number of aryl methyl sites for hydroxylation is 1. The number of fused-ring (bicyclic) bond motifs is 1. The van der Waals surface area contributed by atoms with E-state index in [2.05, 4.69) is 11.1 Å². The molecule has 0 saturated carbocycles. The summed E-state index contributed by atoms with van der Waals surface area (Å²) in [6, 6.07) is 4.01. The number of imidazole rings is 1. The zero-order valence-electron chi connectivity index (χ0n) is 17.2. The molecule has 2 aromatic rings. The van der Waals surface area contributed by atoms with Gasteiger partial charge in [-0.1, -0.05) is 13.0 Å². The van der Waals surface area contributed by atoms with Gasteiger partial charge in [-0.25, -0.2) is 9.78 Å². The van der Waals surface area contributed by atoms with Crippen molar-refractivity contribution in [1.29, 1.82) is 0 Å². The van der Waals surface area contributed by atoms with Crippen LogP contribution in [0.25, 0.3) is 11.2 Å². The van der Waals surface area contributed by atoms with Crippen molar-refractivity contribution in [2.45, 2.75) is 46.1 Å². The summed E-state index contributed by atoms with van der Waals surface area (Å²) in [6.45, 7) is 8.77. The molecule has 0 bridgehead atoms. The van der Waals surface area contributed by atoms with Gasteiger partial charge < -0.3 is 14.5 Å². The molecule has 2 aromatic heterocycles. The van der Waals surface area contributed by atoms with Crippen LogP contribution < -0.4 is 4.90 Å². The fraction of sp³-hybridized carbons (Fsp3) is 0.476. The van der Waals surface area contributed by atoms with Crippen molar-refractivity contribution in [3.63, 3.8) is 0 Å². The van der Waals surface area contributed by atoms with Crippen molar-refractivity contribution >= 4 is 29.5 Å². The minimum atomic E-state index is -0.495. The van der Waals surface area contributed by atoms with E-state index >= 15 is 0 Å². The van der Waals surface area contributed by atoms with E-state index in [0.29, 0.717) is 13.1 Å². The van der Waals surface area contributed by atoms with Crippen LogP contribution in [-0.2, 0) is 16.0 Å². The van der Waals surface area contributed by atoms with E-state index in [-0.39, 0.29) is 6.09 Å². The molecule has 2 amide bonds. The number of hydrogen-bond donors (Lipinski definition) is 0. The lowest BCUT2D eigenvalue weighted by atomic mass is 10.0. The Balaban J connectivity index is 1.86. The molecule has 0 fully saturated rings. The predicted molar refractivity (Wildman–Crippen MR) is 109 cm³/mol. The average Bonchev–Trinajstić information content (AvgIpc) is 3.04. The maximum absolute atomic E-state index is 12.2. The van der Waals surface area contributed by atoms with Crippen molar-refractivity contribution < 1.29 is 14.3 Å². The quantitative estimate of drug-likeness (QED) is 0.757. The lowest BCUT2D eigenvalue weighted by molar-refractivity contribution is -0.107. The first kappa shape index (κ1) is 19.9. The van der Waals surface area contributed by atoms with Crippen LogP contribution in [0, 0.1) is 0 Å². The SMILES string of the molecule is CCc1nc2ccc(C3=CCN(C(=O)OC(C)(C)C)CC3)cn2c1N(C)C=O. The first-order valence-corrected chi connectivity index (χ1v) is 9.60. The highest BCUT2D eigenvalue weighted by Crippen LogP contribution is 2.27. The summed E-state index contributed by atoms with van der Waals surface area (Å²) in [4.78, 5) is 31.5. The van der Waals surface area contributed by atoms with Gasteiger partial charge in [0.25, 0.3) is 0 Å². The molecule has 0 aromatic carbocycles. The molecule has 1 aliphatic rings. The number of aromatic nitrogens is 2. The molecule has 0 spiro atoms. The molecule has 28 heavy (non-hydrogen) atoms. The Hall–Kier alpha value is -2.83. The highest BCUT2D eigenvalue weighted by Gasteiger charge is 2.24. The molecule has 7 heteroatoms. The topological polar surface area (TPSA) is 67.2 Å². The van der Waals surface area contributed by atoms with E-state index < -0.39 is 5.60 Å². The first-order chi connectivity index (χ1) is 13.2. The highest BCUT2D eigenvalue weighted by atomic mass is 16.6. The standard InChI is InChI=1S/C21H28N4O3/c1-6-17-19(23(5)14-26)25-13-16(7-8-18(25)22-17)15-9-11-24(12-10-15)20(27)28-21(2,3)4/h7-9,13-14H,6,10-12H2,1-5H3. The van der Waals surface area contributed by atoms with Crippen LogP contribution in [0.4, 0.5) is 10.6 Å². The second-order valence-electron chi connectivity index (χ2n) is 8.00. The van der Waals surface area contributed by atoms with E-state index in [1.165, 1.54) is 5.57 Å². The fourth-order valence-corrected chi connectivity index (χ4v) is 3.36. The van der Waals surface area contributed by atoms with Gasteiger partial charge in [-0.15, -0.1) is 0 Å². The molecule has 0 N–H and O–H groups in total. The minimum Gasteiger partial charge on any atom is -0.444 e. The third kappa shape index (κ3) is 4.03. The Morgan fingerprint density at radius 2 is 2.11 bits per heavy atom. The lowest BCUT2D eigenvalue weighted by Gasteiger charge is -2.29. The van der Waals surface area contributed by atoms with Gasteiger partial charge in [0.15, 0.2) is 0 Å². The average molecular weight is 384 g/mol. The summed E-state index contributed by atoms with van der Waals surface area (Å²) in [5, 5.41) is 0. The van der Waals surface area contributed by atoms with Gasteiger partial charge in [0.05, 0.1) is 5.69 Å². The predicted octanol–water partition coefficient (Wildman–Crippen LogP) is 3.51. The van der Waals surface area contributed by atoms with Crippen LogP contribution >= 0.6 is 0 Å². The zero-order valence-corrected chi connectivity index (χ0v) is 17.2. The third-order valence-corrected chi connectivity index (χ3v) is 4.72. The number of amides is 2. The van der Waals surface area contributed by atoms with Crippen LogP contribution in [0.1, 0.15) is 45.4 Å². The Labute approximate surface area is 165 Å². The monoisotopic (exact) mass is 384 g/mol. The van der Waals surface area contributed by atoms with Gasteiger partial charge in [-0.05, 0) is 56.9 Å². The molecule has 0 atom stereocenters. The Bertz CT molecular complexity index is 924. The van der Waals surface area contributed by atoms with E-state index in [0.717, 1.165) is 42.0 Å². The van der Waals surface area contributed by atoms with Crippen LogP contribution in [0.15, 0.2) is 24.4 Å². The molecular formula is C21H28N4O3. The van der Waals surface area contributed by atoms with Crippen molar-refractivity contribution in [3.8, 4) is 0 Å². The third-order valence-electron chi connectivity index (χ3n) is 4.72. The van der Waals surface area contributed by atoms with E-state index in [1.54, 1.807) is 16.8 Å².